The summed E-state index contributed by atoms with van der Waals surface area (Å²) >= 11 is 1.72. The number of carbonyl (C=O) groups is 1. The van der Waals surface area contributed by atoms with Crippen LogP contribution in [0.5, 0.6) is 0 Å². The molecule has 5 nitrogen and oxygen atoms in total. The van der Waals surface area contributed by atoms with E-state index in [9.17, 15) is 4.79 Å². The van der Waals surface area contributed by atoms with E-state index in [1.165, 1.54) is 4.88 Å². The molecule has 2 aromatic rings. The number of piperidine rings is 1. The lowest BCUT2D eigenvalue weighted by Crippen LogP contribution is -2.43. The Morgan fingerprint density at radius 3 is 3.19 bits per heavy atom. The van der Waals surface area contributed by atoms with Crippen molar-refractivity contribution in [3.8, 4) is 0 Å². The molecule has 1 fully saturated rings. The molecular weight excluding hydrogens is 284 g/mol. The van der Waals surface area contributed by atoms with E-state index in [1.807, 2.05) is 22.6 Å². The van der Waals surface area contributed by atoms with Crippen LogP contribution in [0, 0.1) is 5.92 Å². The third-order valence-corrected chi connectivity index (χ3v) is 4.93. The van der Waals surface area contributed by atoms with E-state index >= 15 is 0 Å². The van der Waals surface area contributed by atoms with Crippen LogP contribution in [-0.4, -0.2) is 38.7 Å². The molecule has 1 aliphatic heterocycles. The Balaban J connectivity index is 1.61. The standard InChI is InChI=1S/C15H20N4OS/c1-12(8-14-5-3-7-21-14)15(20)18-6-2-4-13(9-18)19-11-16-10-17-19/h3,5,7,10-13H,2,4,6,8-9H2,1H3. The van der Waals surface area contributed by atoms with Crippen molar-refractivity contribution in [2.24, 2.45) is 5.92 Å². The van der Waals surface area contributed by atoms with Crippen LogP contribution in [0.4, 0.5) is 0 Å². The van der Waals surface area contributed by atoms with Gasteiger partial charge in [-0.1, -0.05) is 13.0 Å². The molecule has 0 radical (unpaired) electrons. The van der Waals surface area contributed by atoms with E-state index < -0.39 is 0 Å². The molecular formula is C15H20N4OS. The smallest absolute Gasteiger partial charge is 0.225 e. The van der Waals surface area contributed by atoms with Crippen molar-refractivity contribution in [3.63, 3.8) is 0 Å². The van der Waals surface area contributed by atoms with Gasteiger partial charge in [-0.3, -0.25) is 4.79 Å². The second-order valence-electron chi connectivity index (χ2n) is 5.64. The lowest BCUT2D eigenvalue weighted by molar-refractivity contribution is -0.136. The van der Waals surface area contributed by atoms with Gasteiger partial charge in [-0.2, -0.15) is 5.10 Å². The zero-order valence-electron chi connectivity index (χ0n) is 12.2. The van der Waals surface area contributed by atoms with Crippen LogP contribution in [0.1, 0.15) is 30.7 Å². The summed E-state index contributed by atoms with van der Waals surface area (Å²) in [6.45, 7) is 3.64. The van der Waals surface area contributed by atoms with Crippen LogP contribution in [0.2, 0.25) is 0 Å². The topological polar surface area (TPSA) is 51.0 Å². The highest BCUT2D eigenvalue weighted by Gasteiger charge is 2.28. The first kappa shape index (κ1) is 14.3. The van der Waals surface area contributed by atoms with E-state index in [-0.39, 0.29) is 17.9 Å². The van der Waals surface area contributed by atoms with E-state index in [1.54, 1.807) is 24.0 Å². The zero-order valence-corrected chi connectivity index (χ0v) is 13.0. The number of rotatable bonds is 4. The first-order valence-electron chi connectivity index (χ1n) is 7.39. The number of aromatic nitrogens is 3. The minimum Gasteiger partial charge on any atom is -0.340 e. The predicted octanol–water partition coefficient (Wildman–Crippen LogP) is 2.38. The minimum atomic E-state index is 0.0400. The Morgan fingerprint density at radius 2 is 2.48 bits per heavy atom. The minimum absolute atomic E-state index is 0.0400. The van der Waals surface area contributed by atoms with E-state index in [0.29, 0.717) is 0 Å². The van der Waals surface area contributed by atoms with Gasteiger partial charge in [-0.25, -0.2) is 9.67 Å². The van der Waals surface area contributed by atoms with Crippen LogP contribution in [0.25, 0.3) is 0 Å². The lowest BCUT2D eigenvalue weighted by Gasteiger charge is -2.34. The maximum Gasteiger partial charge on any atom is 0.225 e. The summed E-state index contributed by atoms with van der Waals surface area (Å²) in [4.78, 5) is 19.9. The van der Waals surface area contributed by atoms with Gasteiger partial charge in [0.15, 0.2) is 0 Å². The van der Waals surface area contributed by atoms with Crippen molar-refractivity contribution >= 4 is 17.2 Å². The van der Waals surface area contributed by atoms with E-state index in [0.717, 1.165) is 32.4 Å². The fourth-order valence-electron chi connectivity index (χ4n) is 2.91. The summed E-state index contributed by atoms with van der Waals surface area (Å²) in [5.41, 5.74) is 0. The van der Waals surface area contributed by atoms with E-state index in [4.69, 9.17) is 0 Å². The molecule has 2 atom stereocenters. The van der Waals surface area contributed by atoms with Gasteiger partial charge >= 0.3 is 0 Å². The Labute approximate surface area is 128 Å². The quantitative estimate of drug-likeness (QED) is 0.871. The van der Waals surface area contributed by atoms with Gasteiger partial charge in [0.05, 0.1) is 6.04 Å². The predicted molar refractivity (Wildman–Crippen MR) is 82.1 cm³/mol. The number of nitrogens with zero attached hydrogens (tertiary/aromatic N) is 4. The summed E-state index contributed by atoms with van der Waals surface area (Å²) in [6, 6.07) is 4.40. The summed E-state index contributed by atoms with van der Waals surface area (Å²) in [7, 11) is 0. The fourth-order valence-corrected chi connectivity index (χ4v) is 3.74. The van der Waals surface area contributed by atoms with Crippen molar-refractivity contribution in [3.05, 3.63) is 35.0 Å². The highest BCUT2D eigenvalue weighted by molar-refractivity contribution is 7.09. The third kappa shape index (κ3) is 3.32. The first-order valence-corrected chi connectivity index (χ1v) is 8.27. The molecule has 21 heavy (non-hydrogen) atoms. The fraction of sp³-hybridized carbons (Fsp3) is 0.533. The van der Waals surface area contributed by atoms with Crippen LogP contribution in [0.3, 0.4) is 0 Å². The van der Waals surface area contributed by atoms with Crippen molar-refractivity contribution < 1.29 is 4.79 Å². The van der Waals surface area contributed by atoms with Crippen LogP contribution < -0.4 is 0 Å². The number of thiophene rings is 1. The molecule has 1 aliphatic rings. The summed E-state index contributed by atoms with van der Waals surface area (Å²) < 4.78 is 1.88. The zero-order chi connectivity index (χ0) is 14.7. The molecule has 0 N–H and O–H groups in total. The first-order chi connectivity index (χ1) is 10.2. The number of likely N-dealkylation sites (tertiary alicyclic amines) is 1. The molecule has 0 bridgehead atoms. The number of hydrogen-bond acceptors (Lipinski definition) is 4. The lowest BCUT2D eigenvalue weighted by atomic mass is 10.0. The van der Waals surface area contributed by atoms with Crippen LogP contribution in [-0.2, 0) is 11.2 Å². The summed E-state index contributed by atoms with van der Waals surface area (Å²) in [5, 5.41) is 6.27. The van der Waals surface area contributed by atoms with Gasteiger partial charge in [0.2, 0.25) is 5.91 Å². The van der Waals surface area contributed by atoms with Gasteiger partial charge in [-0.05, 0) is 30.7 Å². The van der Waals surface area contributed by atoms with Gasteiger partial charge in [0.1, 0.15) is 12.7 Å². The Kier molecular flexibility index (Phi) is 4.34. The maximum absolute atomic E-state index is 12.6. The largest absolute Gasteiger partial charge is 0.340 e. The summed E-state index contributed by atoms with van der Waals surface area (Å²) in [6.07, 6.45) is 6.23. The molecule has 0 spiro atoms. The average molecular weight is 304 g/mol. The van der Waals surface area contributed by atoms with Crippen molar-refractivity contribution in [2.75, 3.05) is 13.1 Å². The molecule has 6 heteroatoms. The molecule has 0 saturated carbocycles. The molecule has 0 aliphatic carbocycles. The molecule has 112 valence electrons. The van der Waals surface area contributed by atoms with Crippen molar-refractivity contribution in [1.29, 1.82) is 0 Å². The SMILES string of the molecule is CC(Cc1cccs1)C(=O)N1CCCC(n2cncn2)C1. The second-order valence-corrected chi connectivity index (χ2v) is 6.67. The Morgan fingerprint density at radius 1 is 1.57 bits per heavy atom. The van der Waals surface area contributed by atoms with Gasteiger partial charge in [0, 0.05) is 23.9 Å². The molecule has 2 aromatic heterocycles. The monoisotopic (exact) mass is 304 g/mol. The molecule has 3 rings (SSSR count). The number of carbonyl (C=O) groups excluding carboxylic acids is 1. The number of hydrogen-bond donors (Lipinski definition) is 0. The maximum atomic E-state index is 12.6. The van der Waals surface area contributed by atoms with Gasteiger partial charge in [-0.15, -0.1) is 11.3 Å². The molecule has 1 saturated heterocycles. The van der Waals surface area contributed by atoms with Crippen molar-refractivity contribution in [2.45, 2.75) is 32.2 Å². The molecule has 0 aromatic carbocycles. The molecule has 2 unspecified atom stereocenters. The van der Waals surface area contributed by atoms with Gasteiger partial charge in [0.25, 0.3) is 0 Å². The average Bonchev–Trinajstić information content (AvgIpc) is 3.20. The molecule has 3 heterocycles. The Bertz CT molecular complexity index is 567. The van der Waals surface area contributed by atoms with Crippen LogP contribution in [0.15, 0.2) is 30.2 Å². The highest BCUT2D eigenvalue weighted by atomic mass is 32.1. The third-order valence-electron chi connectivity index (χ3n) is 4.03. The Hall–Kier alpha value is -1.69. The van der Waals surface area contributed by atoms with E-state index in [2.05, 4.69) is 21.5 Å². The number of amides is 1. The normalized spacial score (nSPS) is 20.4. The highest BCUT2D eigenvalue weighted by Crippen LogP contribution is 2.23. The van der Waals surface area contributed by atoms with Crippen LogP contribution >= 0.6 is 11.3 Å². The van der Waals surface area contributed by atoms with Gasteiger partial charge < -0.3 is 4.90 Å². The summed E-state index contributed by atoms with van der Waals surface area (Å²) in [5.74, 6) is 0.298. The van der Waals surface area contributed by atoms with Crippen molar-refractivity contribution in [1.82, 2.24) is 19.7 Å². The second kappa shape index (κ2) is 6.39. The molecule has 1 amide bonds.